The van der Waals surface area contributed by atoms with Crippen molar-refractivity contribution in [3.05, 3.63) is 70.7 Å². The van der Waals surface area contributed by atoms with Gasteiger partial charge in [0.05, 0.1) is 32.6 Å². The monoisotopic (exact) mass is 455 g/mol. The normalized spacial score (nSPS) is 14.1. The number of aliphatic hydroxyl groups is 1. The smallest absolute Gasteiger partial charge is 0.149 e. The maximum Gasteiger partial charge on any atom is 0.149 e. The summed E-state index contributed by atoms with van der Waals surface area (Å²) in [6.07, 6.45) is 3.39. The Morgan fingerprint density at radius 2 is 1.87 bits per heavy atom. The largest absolute Gasteiger partial charge is 0.386 e. The first-order valence-electron chi connectivity index (χ1n) is 9.41. The van der Waals surface area contributed by atoms with Crippen LogP contribution in [0.5, 0.6) is 0 Å². The molecular formula is C23H22ClN3OS2. The first-order chi connectivity index (χ1) is 14.2. The molecule has 1 aromatic heterocycles. The number of fused-ring (bicyclic) bond motifs is 2. The highest BCUT2D eigenvalue weighted by atomic mass is 35.5. The molecule has 7 heteroatoms. The second-order valence-corrected chi connectivity index (χ2v) is 9.71. The van der Waals surface area contributed by atoms with Crippen LogP contribution in [0.25, 0.3) is 10.4 Å². The summed E-state index contributed by atoms with van der Waals surface area (Å²) in [7, 11) is 1.98. The van der Waals surface area contributed by atoms with Gasteiger partial charge in [0.25, 0.3) is 0 Å². The Kier molecular flexibility index (Phi) is 5.45. The number of rotatable bonds is 3. The number of nitrogens with one attached hydrogen (secondary N) is 1. The van der Waals surface area contributed by atoms with Gasteiger partial charge in [0.1, 0.15) is 5.84 Å². The fraction of sp³-hybridized carbons (Fsp3) is 0.174. The van der Waals surface area contributed by atoms with Gasteiger partial charge in [0.2, 0.25) is 0 Å². The second kappa shape index (κ2) is 7.78. The van der Waals surface area contributed by atoms with Crippen LogP contribution in [-0.2, 0) is 0 Å². The maximum absolute atomic E-state index is 10.2. The number of halogens is 1. The predicted molar refractivity (Wildman–Crippen MR) is 131 cm³/mol. The second-order valence-electron chi connectivity index (χ2n) is 7.73. The third-order valence-corrected chi connectivity index (χ3v) is 6.62. The van der Waals surface area contributed by atoms with E-state index in [1.54, 1.807) is 42.4 Å². The van der Waals surface area contributed by atoms with Crippen LogP contribution in [-0.4, -0.2) is 23.6 Å². The van der Waals surface area contributed by atoms with Crippen molar-refractivity contribution in [3.8, 4) is 10.4 Å². The quantitative estimate of drug-likeness (QED) is 0.392. The van der Waals surface area contributed by atoms with E-state index in [1.165, 1.54) is 0 Å². The fourth-order valence-electron chi connectivity index (χ4n) is 3.37. The van der Waals surface area contributed by atoms with Crippen molar-refractivity contribution >= 4 is 58.5 Å². The standard InChI is InChI=1S/C23H22ClN3OS2/c1-23(2,28)10-11-27-20-16(24)8-5-9-17(20)26(3)18-13-19(30-21(18)22(27)25)14-6-4-7-15(29)12-14/h4-13,25,28-29H,1-3H3/b11-10+,25-22?. The molecule has 1 aliphatic rings. The number of thiol groups is 1. The summed E-state index contributed by atoms with van der Waals surface area (Å²) in [6, 6.07) is 15.8. The van der Waals surface area contributed by atoms with E-state index in [1.807, 2.05) is 49.5 Å². The van der Waals surface area contributed by atoms with E-state index in [4.69, 9.17) is 17.0 Å². The Balaban J connectivity index is 1.92. The Bertz CT molecular complexity index is 1160. The average Bonchev–Trinajstić information content (AvgIpc) is 3.10. The summed E-state index contributed by atoms with van der Waals surface area (Å²) in [5.74, 6) is 0.308. The van der Waals surface area contributed by atoms with E-state index in [9.17, 15) is 5.11 Å². The van der Waals surface area contributed by atoms with Gasteiger partial charge in [0.15, 0.2) is 0 Å². The summed E-state index contributed by atoms with van der Waals surface area (Å²) >= 11 is 12.6. The molecule has 2 N–H and O–H groups in total. The Morgan fingerprint density at radius 1 is 1.13 bits per heavy atom. The van der Waals surface area contributed by atoms with Crippen LogP contribution >= 0.6 is 35.6 Å². The zero-order valence-corrected chi connectivity index (χ0v) is 19.3. The number of anilines is 3. The summed E-state index contributed by atoms with van der Waals surface area (Å²) in [5, 5.41) is 19.8. The molecule has 0 spiro atoms. The highest BCUT2D eigenvalue weighted by Gasteiger charge is 2.30. The van der Waals surface area contributed by atoms with E-state index < -0.39 is 5.60 Å². The number of thiophene rings is 1. The van der Waals surface area contributed by atoms with Crippen LogP contribution in [0.1, 0.15) is 18.7 Å². The lowest BCUT2D eigenvalue weighted by molar-refractivity contribution is 0.133. The molecule has 0 aliphatic carbocycles. The van der Waals surface area contributed by atoms with E-state index in [0.29, 0.717) is 10.9 Å². The minimum Gasteiger partial charge on any atom is -0.386 e. The zero-order valence-electron chi connectivity index (χ0n) is 16.8. The van der Waals surface area contributed by atoms with Crippen molar-refractivity contribution in [3.63, 3.8) is 0 Å². The number of amidine groups is 1. The van der Waals surface area contributed by atoms with Gasteiger partial charge in [-0.05, 0) is 55.8 Å². The van der Waals surface area contributed by atoms with Gasteiger partial charge in [-0.3, -0.25) is 10.3 Å². The van der Waals surface area contributed by atoms with Gasteiger partial charge >= 0.3 is 0 Å². The molecule has 154 valence electrons. The highest BCUT2D eigenvalue weighted by molar-refractivity contribution is 7.80. The molecule has 0 bridgehead atoms. The highest BCUT2D eigenvalue weighted by Crippen LogP contribution is 2.47. The molecule has 2 heterocycles. The molecule has 0 saturated carbocycles. The number of para-hydroxylation sites is 1. The molecule has 30 heavy (non-hydrogen) atoms. The summed E-state index contributed by atoms with van der Waals surface area (Å²) in [6.45, 7) is 3.40. The summed E-state index contributed by atoms with van der Waals surface area (Å²) < 4.78 is 0. The van der Waals surface area contributed by atoms with Crippen molar-refractivity contribution in [1.82, 2.24) is 0 Å². The lowest BCUT2D eigenvalue weighted by Crippen LogP contribution is -2.26. The van der Waals surface area contributed by atoms with Crippen LogP contribution in [0.4, 0.5) is 17.1 Å². The third-order valence-electron chi connectivity index (χ3n) is 4.86. The maximum atomic E-state index is 10.2. The number of hydrogen-bond donors (Lipinski definition) is 3. The lowest BCUT2D eigenvalue weighted by Gasteiger charge is -2.25. The molecule has 3 aromatic rings. The van der Waals surface area contributed by atoms with Gasteiger partial charge in [-0.2, -0.15) is 0 Å². The van der Waals surface area contributed by atoms with Crippen molar-refractivity contribution in [2.24, 2.45) is 0 Å². The molecule has 0 radical (unpaired) electrons. The Hall–Kier alpha value is -2.25. The Morgan fingerprint density at radius 3 is 2.57 bits per heavy atom. The molecule has 0 saturated heterocycles. The van der Waals surface area contributed by atoms with Gasteiger partial charge < -0.3 is 10.0 Å². The molecule has 0 fully saturated rings. The van der Waals surface area contributed by atoms with Crippen LogP contribution in [0.15, 0.2) is 65.7 Å². The average molecular weight is 456 g/mol. The first kappa shape index (κ1) is 21.0. The van der Waals surface area contributed by atoms with Crippen molar-refractivity contribution in [2.75, 3.05) is 16.8 Å². The SMILES string of the molecule is CN1c2cc(-c3cccc(S)c3)sc2C(=N)N(/C=C/C(C)(C)O)c2c(Cl)cccc21. The number of hydrogen-bond acceptors (Lipinski definition) is 5. The van der Waals surface area contributed by atoms with Crippen LogP contribution in [0.2, 0.25) is 5.02 Å². The summed E-state index contributed by atoms with van der Waals surface area (Å²) in [4.78, 5) is 6.58. The van der Waals surface area contributed by atoms with Gasteiger partial charge in [-0.1, -0.05) is 29.8 Å². The van der Waals surface area contributed by atoms with E-state index >= 15 is 0 Å². The van der Waals surface area contributed by atoms with Gasteiger partial charge in [-0.25, -0.2) is 0 Å². The van der Waals surface area contributed by atoms with Crippen molar-refractivity contribution in [1.29, 1.82) is 5.41 Å². The van der Waals surface area contributed by atoms with Gasteiger partial charge in [-0.15, -0.1) is 24.0 Å². The minimum atomic E-state index is -1.02. The van der Waals surface area contributed by atoms with Crippen LogP contribution in [0.3, 0.4) is 0 Å². The van der Waals surface area contributed by atoms with Gasteiger partial charge in [0, 0.05) is 23.0 Å². The minimum absolute atomic E-state index is 0.308. The molecule has 2 aromatic carbocycles. The zero-order chi connectivity index (χ0) is 21.6. The molecule has 0 unspecified atom stereocenters. The third kappa shape index (κ3) is 3.88. The van der Waals surface area contributed by atoms with Crippen molar-refractivity contribution in [2.45, 2.75) is 24.3 Å². The molecule has 4 nitrogen and oxygen atoms in total. The Labute approximate surface area is 191 Å². The number of nitrogens with zero attached hydrogens (tertiary/aromatic N) is 2. The first-order valence-corrected chi connectivity index (χ1v) is 11.1. The van der Waals surface area contributed by atoms with E-state index in [-0.39, 0.29) is 0 Å². The fourth-order valence-corrected chi connectivity index (χ4v) is 4.99. The topological polar surface area (TPSA) is 50.6 Å². The van der Waals surface area contributed by atoms with Crippen LogP contribution < -0.4 is 9.80 Å². The molecule has 1 aliphatic heterocycles. The molecule has 0 amide bonds. The van der Waals surface area contributed by atoms with E-state index in [2.05, 4.69) is 23.6 Å². The predicted octanol–water partition coefficient (Wildman–Crippen LogP) is 6.56. The van der Waals surface area contributed by atoms with Crippen LogP contribution in [0, 0.1) is 5.41 Å². The summed E-state index contributed by atoms with van der Waals surface area (Å²) in [5.41, 5.74) is 2.59. The van der Waals surface area contributed by atoms with E-state index in [0.717, 1.165) is 37.3 Å². The molecule has 4 rings (SSSR count). The van der Waals surface area contributed by atoms with Crippen molar-refractivity contribution < 1.29 is 5.11 Å². The molecular weight excluding hydrogens is 434 g/mol. The molecule has 0 atom stereocenters. The lowest BCUT2D eigenvalue weighted by atomic mass is 10.1. The number of benzene rings is 2.